The van der Waals surface area contributed by atoms with Gasteiger partial charge in [-0.25, -0.2) is 0 Å². The molecule has 0 rings (SSSR count). The lowest BCUT2D eigenvalue weighted by Gasteiger charge is -2.28. The maximum atomic E-state index is 5.88. The first-order valence-corrected chi connectivity index (χ1v) is 14.1. The average Bonchev–Trinajstić information content (AvgIpc) is 2.43. The summed E-state index contributed by atoms with van der Waals surface area (Å²) in [6.45, 7) is 15.6. The van der Waals surface area contributed by atoms with E-state index in [-0.39, 0.29) is 0 Å². The molecular formula is C16H38O4Si2. The number of hydrogen-bond donors (Lipinski definition) is 0. The van der Waals surface area contributed by atoms with E-state index in [1.165, 1.54) is 25.3 Å². The van der Waals surface area contributed by atoms with E-state index in [4.69, 9.17) is 17.7 Å². The van der Waals surface area contributed by atoms with Gasteiger partial charge in [-0.2, -0.15) is 0 Å². The van der Waals surface area contributed by atoms with Gasteiger partial charge in [0.05, 0.1) is 0 Å². The molecule has 0 N–H and O–H groups in total. The second-order valence-corrected chi connectivity index (χ2v) is 13.1. The first-order chi connectivity index (χ1) is 10.4. The lowest BCUT2D eigenvalue weighted by atomic mass is 10.2. The van der Waals surface area contributed by atoms with E-state index in [0.29, 0.717) is 19.8 Å². The van der Waals surface area contributed by atoms with Gasteiger partial charge in [-0.05, 0) is 53.3 Å². The van der Waals surface area contributed by atoms with Gasteiger partial charge in [0.15, 0.2) is 8.32 Å². The van der Waals surface area contributed by atoms with E-state index in [2.05, 4.69) is 20.0 Å². The highest BCUT2D eigenvalue weighted by atomic mass is 28.4. The van der Waals surface area contributed by atoms with Crippen LogP contribution in [0.15, 0.2) is 0 Å². The second-order valence-electron chi connectivity index (χ2n) is 6.09. The van der Waals surface area contributed by atoms with E-state index < -0.39 is 17.1 Å². The van der Waals surface area contributed by atoms with Crippen molar-refractivity contribution in [3.05, 3.63) is 0 Å². The van der Waals surface area contributed by atoms with E-state index in [0.717, 1.165) is 19.1 Å². The standard InChI is InChI=1S/C16H38O4Si2/c1-7-17-21(5,6)15-13-11-12-14-16-22(18-8-2,19-9-3)20-10-4/h7-16H2,1-6H3. The Balaban J connectivity index is 4.02. The summed E-state index contributed by atoms with van der Waals surface area (Å²) in [6, 6.07) is 2.20. The van der Waals surface area contributed by atoms with Gasteiger partial charge in [0.25, 0.3) is 0 Å². The molecular weight excluding hydrogens is 312 g/mol. The summed E-state index contributed by atoms with van der Waals surface area (Å²) in [6.07, 6.45) is 4.88. The zero-order chi connectivity index (χ0) is 16.9. The molecule has 134 valence electrons. The molecule has 0 aliphatic carbocycles. The van der Waals surface area contributed by atoms with Crippen LogP contribution in [0.2, 0.25) is 25.2 Å². The molecule has 4 nitrogen and oxygen atoms in total. The Morgan fingerprint density at radius 3 is 1.36 bits per heavy atom. The number of hydrogen-bond acceptors (Lipinski definition) is 4. The minimum atomic E-state index is -2.42. The summed E-state index contributed by atoms with van der Waals surface area (Å²) in [5.41, 5.74) is 0. The molecule has 0 aliphatic rings. The van der Waals surface area contributed by atoms with Crippen LogP contribution in [0.25, 0.3) is 0 Å². The number of unbranched alkanes of at least 4 members (excludes halogenated alkanes) is 3. The maximum Gasteiger partial charge on any atom is 0.500 e. The van der Waals surface area contributed by atoms with Gasteiger partial charge in [-0.15, -0.1) is 0 Å². The Hall–Kier alpha value is 0.274. The van der Waals surface area contributed by atoms with Gasteiger partial charge in [0, 0.05) is 32.5 Å². The third-order valence-corrected chi connectivity index (χ3v) is 9.42. The highest BCUT2D eigenvalue weighted by Gasteiger charge is 2.39. The van der Waals surface area contributed by atoms with Crippen LogP contribution in [0.1, 0.15) is 53.4 Å². The molecule has 0 radical (unpaired) electrons. The SMILES string of the molecule is CCO[Si](C)(C)CCCCCC[Si](OCC)(OCC)OCC. The van der Waals surface area contributed by atoms with Crippen LogP contribution in [-0.2, 0) is 17.7 Å². The Morgan fingerprint density at radius 1 is 0.545 bits per heavy atom. The first kappa shape index (κ1) is 22.3. The van der Waals surface area contributed by atoms with Crippen molar-refractivity contribution >= 4 is 17.1 Å². The lowest BCUT2D eigenvalue weighted by molar-refractivity contribution is 0.0706. The van der Waals surface area contributed by atoms with Gasteiger partial charge in [-0.1, -0.05) is 19.3 Å². The molecule has 0 aromatic heterocycles. The highest BCUT2D eigenvalue weighted by Crippen LogP contribution is 2.22. The lowest BCUT2D eigenvalue weighted by Crippen LogP contribution is -2.45. The third kappa shape index (κ3) is 10.1. The normalized spacial score (nSPS) is 12.8. The molecule has 0 amide bonds. The molecule has 0 heterocycles. The van der Waals surface area contributed by atoms with Gasteiger partial charge >= 0.3 is 8.80 Å². The molecule has 0 spiro atoms. The van der Waals surface area contributed by atoms with Crippen molar-refractivity contribution in [2.45, 2.75) is 78.6 Å². The summed E-state index contributed by atoms with van der Waals surface area (Å²) in [7, 11) is -3.82. The fourth-order valence-corrected chi connectivity index (χ4v) is 7.42. The molecule has 0 saturated carbocycles. The molecule has 6 heteroatoms. The van der Waals surface area contributed by atoms with Crippen molar-refractivity contribution in [2.75, 3.05) is 26.4 Å². The highest BCUT2D eigenvalue weighted by molar-refractivity contribution is 6.71. The molecule has 0 aromatic carbocycles. The van der Waals surface area contributed by atoms with Crippen LogP contribution in [0.5, 0.6) is 0 Å². The predicted octanol–water partition coefficient (Wildman–Crippen LogP) is 4.84. The average molecular weight is 351 g/mol. The molecule has 0 unspecified atom stereocenters. The maximum absolute atomic E-state index is 5.88. The van der Waals surface area contributed by atoms with E-state index in [1.54, 1.807) is 0 Å². The summed E-state index contributed by atoms with van der Waals surface area (Å²) in [5, 5.41) is 0. The molecule has 0 saturated heterocycles. The van der Waals surface area contributed by atoms with Crippen molar-refractivity contribution in [1.82, 2.24) is 0 Å². The topological polar surface area (TPSA) is 36.9 Å². The van der Waals surface area contributed by atoms with Crippen molar-refractivity contribution in [1.29, 1.82) is 0 Å². The summed E-state index contributed by atoms with van der Waals surface area (Å²) >= 11 is 0. The van der Waals surface area contributed by atoms with Crippen LogP contribution in [0, 0.1) is 0 Å². The second kappa shape index (κ2) is 12.7. The van der Waals surface area contributed by atoms with Crippen molar-refractivity contribution in [3.63, 3.8) is 0 Å². The molecule has 0 atom stereocenters. The fourth-order valence-electron chi connectivity index (χ4n) is 2.71. The molecule has 0 fully saturated rings. The molecule has 0 aromatic rings. The van der Waals surface area contributed by atoms with E-state index in [1.807, 2.05) is 20.8 Å². The molecule has 22 heavy (non-hydrogen) atoms. The first-order valence-electron chi connectivity index (χ1n) is 9.01. The fraction of sp³-hybridized carbons (Fsp3) is 1.00. The van der Waals surface area contributed by atoms with Crippen LogP contribution < -0.4 is 0 Å². The van der Waals surface area contributed by atoms with Gasteiger partial charge in [-0.3, -0.25) is 0 Å². The Bertz CT molecular complexity index is 246. The van der Waals surface area contributed by atoms with Crippen LogP contribution in [0.3, 0.4) is 0 Å². The van der Waals surface area contributed by atoms with E-state index >= 15 is 0 Å². The molecule has 0 aliphatic heterocycles. The summed E-state index contributed by atoms with van der Waals surface area (Å²) in [5.74, 6) is 0. The molecule has 0 bridgehead atoms. The minimum Gasteiger partial charge on any atom is -0.418 e. The number of rotatable bonds is 15. The smallest absolute Gasteiger partial charge is 0.418 e. The van der Waals surface area contributed by atoms with Gasteiger partial charge < -0.3 is 17.7 Å². The Morgan fingerprint density at radius 2 is 0.955 bits per heavy atom. The summed E-state index contributed by atoms with van der Waals surface area (Å²) in [4.78, 5) is 0. The predicted molar refractivity (Wildman–Crippen MR) is 97.8 cm³/mol. The van der Waals surface area contributed by atoms with Crippen LogP contribution in [-0.4, -0.2) is 43.5 Å². The minimum absolute atomic E-state index is 0.667. The monoisotopic (exact) mass is 350 g/mol. The largest absolute Gasteiger partial charge is 0.500 e. The van der Waals surface area contributed by atoms with Gasteiger partial charge in [0.1, 0.15) is 0 Å². The van der Waals surface area contributed by atoms with Crippen molar-refractivity contribution in [2.24, 2.45) is 0 Å². The third-order valence-electron chi connectivity index (χ3n) is 3.64. The Kier molecular flexibility index (Phi) is 12.8. The van der Waals surface area contributed by atoms with Crippen molar-refractivity contribution in [3.8, 4) is 0 Å². The Labute approximate surface area is 140 Å². The van der Waals surface area contributed by atoms with E-state index in [9.17, 15) is 0 Å². The van der Waals surface area contributed by atoms with Crippen LogP contribution >= 0.6 is 0 Å². The quantitative estimate of drug-likeness (QED) is 0.313. The van der Waals surface area contributed by atoms with Crippen molar-refractivity contribution < 1.29 is 17.7 Å². The summed E-state index contributed by atoms with van der Waals surface area (Å²) < 4.78 is 23.5. The zero-order valence-corrected chi connectivity index (χ0v) is 17.7. The van der Waals surface area contributed by atoms with Crippen LogP contribution in [0.4, 0.5) is 0 Å². The zero-order valence-electron chi connectivity index (χ0n) is 15.7. The van der Waals surface area contributed by atoms with Gasteiger partial charge in [0.2, 0.25) is 0 Å².